The SMILES string of the molecule is CC/C=C\C/C=C\C/C=C\C/C=C\C/C=C\C/C=C\C/C=C\CCCCCC(=O)OCC(COC(=O)CCCCCCC/C=C\CCCCCC)OC(=O)CCCCC/C=C\C/C=C\C/C=C\C/C=C\C/C=C\CC. The average Bonchev–Trinajstić information content (AvgIpc) is 3.41. The fourth-order valence-electron chi connectivity index (χ4n) is 7.56. The minimum atomic E-state index is -0.822. The molecule has 0 saturated heterocycles. The lowest BCUT2D eigenvalue weighted by atomic mass is 10.1. The van der Waals surface area contributed by atoms with E-state index in [-0.39, 0.29) is 37.5 Å². The predicted molar refractivity (Wildman–Crippen MR) is 325 cm³/mol. The maximum absolute atomic E-state index is 12.9. The molecule has 0 radical (unpaired) electrons. The van der Waals surface area contributed by atoms with Crippen molar-refractivity contribution in [3.8, 4) is 0 Å². The Morgan fingerprint density at radius 1 is 0.280 bits per heavy atom. The van der Waals surface area contributed by atoms with Crippen LogP contribution in [0.25, 0.3) is 0 Å². The van der Waals surface area contributed by atoms with Gasteiger partial charge in [0.1, 0.15) is 13.2 Å². The second kappa shape index (κ2) is 61.6. The minimum absolute atomic E-state index is 0.113. The summed E-state index contributed by atoms with van der Waals surface area (Å²) in [5, 5.41) is 0. The molecule has 0 spiro atoms. The van der Waals surface area contributed by atoms with Crippen LogP contribution in [-0.4, -0.2) is 37.2 Å². The molecule has 6 heteroatoms. The molecule has 75 heavy (non-hydrogen) atoms. The van der Waals surface area contributed by atoms with Crippen LogP contribution in [0.5, 0.6) is 0 Å². The van der Waals surface area contributed by atoms with Crippen molar-refractivity contribution in [2.24, 2.45) is 0 Å². The van der Waals surface area contributed by atoms with E-state index < -0.39 is 6.10 Å². The van der Waals surface area contributed by atoms with Crippen molar-refractivity contribution in [3.05, 3.63) is 158 Å². The lowest BCUT2D eigenvalue weighted by Gasteiger charge is -2.18. The van der Waals surface area contributed by atoms with E-state index in [1.807, 2.05) is 0 Å². The van der Waals surface area contributed by atoms with Crippen LogP contribution < -0.4 is 0 Å². The number of allylic oxidation sites excluding steroid dienone is 26. The zero-order valence-electron chi connectivity index (χ0n) is 48.0. The summed E-state index contributed by atoms with van der Waals surface area (Å²) in [5.41, 5.74) is 0. The summed E-state index contributed by atoms with van der Waals surface area (Å²) in [4.78, 5) is 38.2. The third kappa shape index (κ3) is 59.8. The fourth-order valence-corrected chi connectivity index (χ4v) is 7.56. The van der Waals surface area contributed by atoms with E-state index in [1.165, 1.54) is 38.5 Å². The van der Waals surface area contributed by atoms with E-state index in [2.05, 4.69) is 179 Å². The summed E-state index contributed by atoms with van der Waals surface area (Å²) in [6.07, 6.45) is 89.5. The molecule has 0 amide bonds. The molecule has 0 saturated carbocycles. The molecule has 0 fully saturated rings. The van der Waals surface area contributed by atoms with Gasteiger partial charge in [-0.3, -0.25) is 14.4 Å². The molecular formula is C69H108O6. The van der Waals surface area contributed by atoms with Crippen molar-refractivity contribution >= 4 is 17.9 Å². The zero-order chi connectivity index (χ0) is 54.3. The van der Waals surface area contributed by atoms with E-state index in [1.54, 1.807) is 0 Å². The molecule has 1 unspecified atom stereocenters. The molecule has 6 nitrogen and oxygen atoms in total. The Kier molecular flexibility index (Phi) is 57.5. The normalized spacial score (nSPS) is 13.3. The highest BCUT2D eigenvalue weighted by molar-refractivity contribution is 5.71. The quantitative estimate of drug-likeness (QED) is 0.0261. The van der Waals surface area contributed by atoms with Gasteiger partial charge in [-0.05, 0) is 148 Å². The Labute approximate surface area is 460 Å². The Bertz CT molecular complexity index is 1710. The van der Waals surface area contributed by atoms with Crippen molar-refractivity contribution in [1.29, 1.82) is 0 Å². The number of hydrogen-bond donors (Lipinski definition) is 0. The van der Waals surface area contributed by atoms with E-state index in [4.69, 9.17) is 14.2 Å². The second-order valence-electron chi connectivity index (χ2n) is 19.1. The van der Waals surface area contributed by atoms with Gasteiger partial charge in [0, 0.05) is 19.3 Å². The van der Waals surface area contributed by atoms with Gasteiger partial charge < -0.3 is 14.2 Å². The molecule has 0 aromatic carbocycles. The number of ether oxygens (including phenoxy) is 3. The molecule has 1 atom stereocenters. The highest BCUT2D eigenvalue weighted by atomic mass is 16.6. The van der Waals surface area contributed by atoms with Gasteiger partial charge in [-0.1, -0.05) is 230 Å². The molecular weight excluding hydrogens is 925 g/mol. The van der Waals surface area contributed by atoms with Crippen LogP contribution >= 0.6 is 0 Å². The largest absolute Gasteiger partial charge is 0.462 e. The third-order valence-corrected chi connectivity index (χ3v) is 12.0. The average molecular weight is 1030 g/mol. The van der Waals surface area contributed by atoms with E-state index in [9.17, 15) is 14.4 Å². The molecule has 0 aromatic rings. The van der Waals surface area contributed by atoms with E-state index in [0.717, 1.165) is 154 Å². The summed E-state index contributed by atoms with van der Waals surface area (Å²) in [7, 11) is 0. The molecule has 0 aromatic heterocycles. The Morgan fingerprint density at radius 3 is 0.840 bits per heavy atom. The van der Waals surface area contributed by atoms with Crippen LogP contribution in [0.3, 0.4) is 0 Å². The van der Waals surface area contributed by atoms with Crippen LogP contribution in [0.1, 0.15) is 239 Å². The molecule has 0 bridgehead atoms. The van der Waals surface area contributed by atoms with Gasteiger partial charge >= 0.3 is 17.9 Å². The maximum atomic E-state index is 12.9. The molecule has 0 heterocycles. The van der Waals surface area contributed by atoms with Crippen molar-refractivity contribution in [1.82, 2.24) is 0 Å². The van der Waals surface area contributed by atoms with Crippen LogP contribution in [-0.2, 0) is 28.6 Å². The van der Waals surface area contributed by atoms with Crippen molar-refractivity contribution in [3.63, 3.8) is 0 Å². The first kappa shape index (κ1) is 70.0. The smallest absolute Gasteiger partial charge is 0.306 e. The number of hydrogen-bond acceptors (Lipinski definition) is 6. The third-order valence-electron chi connectivity index (χ3n) is 12.0. The lowest BCUT2D eigenvalue weighted by Crippen LogP contribution is -2.30. The number of carbonyl (C=O) groups excluding carboxylic acids is 3. The minimum Gasteiger partial charge on any atom is -0.462 e. The van der Waals surface area contributed by atoms with Crippen molar-refractivity contribution in [2.45, 2.75) is 245 Å². The summed E-state index contributed by atoms with van der Waals surface area (Å²) in [5.74, 6) is -0.995. The van der Waals surface area contributed by atoms with E-state index in [0.29, 0.717) is 19.3 Å². The maximum Gasteiger partial charge on any atom is 0.306 e. The molecule has 0 aliphatic carbocycles. The van der Waals surface area contributed by atoms with Gasteiger partial charge in [-0.15, -0.1) is 0 Å². The Balaban J connectivity index is 4.52. The predicted octanol–water partition coefficient (Wildman–Crippen LogP) is 20.5. The molecule has 0 aliphatic rings. The summed E-state index contributed by atoms with van der Waals surface area (Å²) in [6, 6.07) is 0. The van der Waals surface area contributed by atoms with E-state index >= 15 is 0 Å². The van der Waals surface area contributed by atoms with Gasteiger partial charge in [0.05, 0.1) is 0 Å². The number of esters is 3. The van der Waals surface area contributed by atoms with Gasteiger partial charge in [-0.2, -0.15) is 0 Å². The first-order valence-electron chi connectivity index (χ1n) is 30.0. The second-order valence-corrected chi connectivity index (χ2v) is 19.1. The number of rotatable bonds is 52. The van der Waals surface area contributed by atoms with Crippen molar-refractivity contribution < 1.29 is 28.6 Å². The number of carbonyl (C=O) groups is 3. The molecule has 420 valence electrons. The summed E-state index contributed by atoms with van der Waals surface area (Å²) < 4.78 is 16.8. The first-order valence-corrected chi connectivity index (χ1v) is 30.0. The zero-order valence-corrected chi connectivity index (χ0v) is 48.0. The van der Waals surface area contributed by atoms with Crippen LogP contribution in [0.4, 0.5) is 0 Å². The topological polar surface area (TPSA) is 78.9 Å². The van der Waals surface area contributed by atoms with Gasteiger partial charge in [-0.25, -0.2) is 0 Å². The highest BCUT2D eigenvalue weighted by Gasteiger charge is 2.19. The molecule has 0 aliphatic heterocycles. The number of unbranched alkanes of at least 4 members (excludes halogenated alkanes) is 15. The van der Waals surface area contributed by atoms with Gasteiger partial charge in [0.2, 0.25) is 0 Å². The van der Waals surface area contributed by atoms with Crippen LogP contribution in [0.2, 0.25) is 0 Å². The summed E-state index contributed by atoms with van der Waals surface area (Å²) in [6.45, 7) is 6.32. The lowest BCUT2D eigenvalue weighted by molar-refractivity contribution is -0.167. The Morgan fingerprint density at radius 2 is 0.520 bits per heavy atom. The van der Waals surface area contributed by atoms with Gasteiger partial charge in [0.25, 0.3) is 0 Å². The monoisotopic (exact) mass is 1030 g/mol. The molecule has 0 N–H and O–H groups in total. The van der Waals surface area contributed by atoms with Crippen LogP contribution in [0.15, 0.2) is 158 Å². The van der Waals surface area contributed by atoms with Crippen LogP contribution in [0, 0.1) is 0 Å². The Hall–Kier alpha value is -4.97. The molecule has 0 rings (SSSR count). The highest BCUT2D eigenvalue weighted by Crippen LogP contribution is 2.12. The standard InChI is InChI=1S/C69H108O6/c1-4-7-10-13-16-19-22-25-27-29-31-32-33-34-35-36-38-39-41-44-47-50-53-56-59-62-68(71)74-65-66(64-73-67(70)61-58-55-52-49-46-43-24-21-18-15-12-9-6-3)75-69(72)63-60-57-54-51-48-45-42-40-37-30-28-26-23-20-17-14-11-8-5-2/h7-8,10-11,16-17,19-21,24-28,31-32,34-35,37-40,44-45,47-48,66H,4-6,9,12-15,18,22-23,29-30,33,36,41-43,46,49-65H2,1-3H3/b10-7-,11-8-,19-16-,20-17-,24-21-,27-25-,28-26-,32-31-,35-34-,39-38-,40-37-,47-44-,48-45-. The van der Waals surface area contributed by atoms with Gasteiger partial charge in [0.15, 0.2) is 6.10 Å². The first-order chi connectivity index (χ1) is 37.0. The van der Waals surface area contributed by atoms with Crippen molar-refractivity contribution in [2.75, 3.05) is 13.2 Å². The summed E-state index contributed by atoms with van der Waals surface area (Å²) >= 11 is 0. The fraction of sp³-hybridized carbons (Fsp3) is 0.580.